The standard InChI is InChI=1S/C24H32N4O6S/c1-24(2,3)34-23(29)27(4)19-9-10-22-25-16-21(28(22)17-19)18-7-6-8-20(15-18)35(30,31)26-11-12-33-14-13-32-5/h6-10,15-17,26H,11-14H2,1-5H3. The average molecular weight is 505 g/mol. The Hall–Kier alpha value is -2.99. The zero-order valence-corrected chi connectivity index (χ0v) is 21.5. The van der Waals surface area contributed by atoms with Crippen molar-refractivity contribution in [3.8, 4) is 11.3 Å². The number of sulfonamides is 1. The fourth-order valence-electron chi connectivity index (χ4n) is 3.22. The van der Waals surface area contributed by atoms with Crippen molar-refractivity contribution < 1.29 is 27.4 Å². The molecule has 35 heavy (non-hydrogen) atoms. The highest BCUT2D eigenvalue weighted by atomic mass is 32.2. The summed E-state index contributed by atoms with van der Waals surface area (Å²) in [5.74, 6) is 0. The van der Waals surface area contributed by atoms with Crippen LogP contribution in [0.3, 0.4) is 0 Å². The molecule has 1 aromatic carbocycles. The van der Waals surface area contributed by atoms with E-state index < -0.39 is 21.7 Å². The molecule has 10 nitrogen and oxygen atoms in total. The maximum absolute atomic E-state index is 12.8. The first kappa shape index (κ1) is 26.6. The van der Waals surface area contributed by atoms with E-state index in [2.05, 4.69) is 9.71 Å². The van der Waals surface area contributed by atoms with E-state index in [9.17, 15) is 13.2 Å². The Kier molecular flexibility index (Phi) is 8.49. The van der Waals surface area contributed by atoms with Crippen molar-refractivity contribution >= 4 is 27.5 Å². The minimum absolute atomic E-state index is 0.129. The first-order valence-corrected chi connectivity index (χ1v) is 12.6. The Bertz CT molecular complexity index is 1270. The lowest BCUT2D eigenvalue weighted by Crippen LogP contribution is -2.34. The van der Waals surface area contributed by atoms with Crippen LogP contribution in [-0.2, 0) is 24.2 Å². The van der Waals surface area contributed by atoms with Gasteiger partial charge in [0.05, 0.1) is 42.3 Å². The lowest BCUT2D eigenvalue weighted by Gasteiger charge is -2.24. The number of pyridine rings is 1. The van der Waals surface area contributed by atoms with Crippen LogP contribution in [-0.4, -0.2) is 70.0 Å². The summed E-state index contributed by atoms with van der Waals surface area (Å²) in [6.45, 7) is 6.65. The number of benzene rings is 1. The number of aromatic nitrogens is 2. The molecule has 3 rings (SSSR count). The molecule has 0 aliphatic rings. The minimum Gasteiger partial charge on any atom is -0.443 e. The van der Waals surface area contributed by atoms with Crippen LogP contribution >= 0.6 is 0 Å². The van der Waals surface area contributed by atoms with Gasteiger partial charge in [0.15, 0.2) is 0 Å². The van der Waals surface area contributed by atoms with Crippen LogP contribution in [0.1, 0.15) is 20.8 Å². The molecule has 0 aliphatic carbocycles. The van der Waals surface area contributed by atoms with Crippen molar-refractivity contribution in [1.82, 2.24) is 14.1 Å². The Balaban J connectivity index is 1.82. The summed E-state index contributed by atoms with van der Waals surface area (Å²) in [7, 11) is -0.529. The number of carbonyl (C=O) groups is 1. The molecule has 0 spiro atoms. The van der Waals surface area contributed by atoms with Gasteiger partial charge in [-0.2, -0.15) is 0 Å². The average Bonchev–Trinajstić information content (AvgIpc) is 3.23. The highest BCUT2D eigenvalue weighted by Crippen LogP contribution is 2.26. The zero-order valence-electron chi connectivity index (χ0n) is 20.6. The molecule has 0 aliphatic heterocycles. The second kappa shape index (κ2) is 11.2. The van der Waals surface area contributed by atoms with Gasteiger partial charge >= 0.3 is 6.09 Å². The zero-order chi connectivity index (χ0) is 25.6. The topological polar surface area (TPSA) is 111 Å². The summed E-state index contributed by atoms with van der Waals surface area (Å²) >= 11 is 0. The Morgan fingerprint density at radius 3 is 2.63 bits per heavy atom. The molecule has 0 unspecified atom stereocenters. The second-order valence-electron chi connectivity index (χ2n) is 8.83. The van der Waals surface area contributed by atoms with E-state index in [-0.39, 0.29) is 18.0 Å². The van der Waals surface area contributed by atoms with Crippen molar-refractivity contribution in [2.75, 3.05) is 45.4 Å². The van der Waals surface area contributed by atoms with Crippen LogP contribution in [0.2, 0.25) is 0 Å². The van der Waals surface area contributed by atoms with Gasteiger partial charge in [0.2, 0.25) is 10.0 Å². The van der Waals surface area contributed by atoms with Gasteiger partial charge in [0.25, 0.3) is 0 Å². The smallest absolute Gasteiger partial charge is 0.414 e. The molecular weight excluding hydrogens is 472 g/mol. The Morgan fingerprint density at radius 1 is 1.14 bits per heavy atom. The monoisotopic (exact) mass is 504 g/mol. The summed E-state index contributed by atoms with van der Waals surface area (Å²) in [4.78, 5) is 18.4. The highest BCUT2D eigenvalue weighted by Gasteiger charge is 2.21. The van der Waals surface area contributed by atoms with Gasteiger partial charge in [0.1, 0.15) is 11.2 Å². The number of anilines is 1. The number of carbonyl (C=O) groups excluding carboxylic acids is 1. The summed E-state index contributed by atoms with van der Waals surface area (Å²) in [6.07, 6.45) is 2.94. The molecule has 0 fully saturated rings. The predicted octanol–water partition coefficient (Wildman–Crippen LogP) is 3.31. The number of amides is 1. The third-order valence-electron chi connectivity index (χ3n) is 4.96. The summed E-state index contributed by atoms with van der Waals surface area (Å²) < 4.78 is 45.5. The van der Waals surface area contributed by atoms with E-state index >= 15 is 0 Å². The largest absolute Gasteiger partial charge is 0.443 e. The van der Waals surface area contributed by atoms with Crippen LogP contribution in [0, 0.1) is 0 Å². The van der Waals surface area contributed by atoms with Gasteiger partial charge in [0, 0.05) is 32.5 Å². The fourth-order valence-corrected chi connectivity index (χ4v) is 4.27. The third kappa shape index (κ3) is 7.01. The minimum atomic E-state index is -3.73. The summed E-state index contributed by atoms with van der Waals surface area (Å²) in [5.41, 5.74) is 1.98. The van der Waals surface area contributed by atoms with Crippen molar-refractivity contribution in [2.24, 2.45) is 0 Å². The maximum atomic E-state index is 12.8. The fraction of sp³-hybridized carbons (Fsp3) is 0.417. The van der Waals surface area contributed by atoms with Gasteiger partial charge in [-0.3, -0.25) is 9.30 Å². The normalized spacial score (nSPS) is 12.1. The molecule has 2 heterocycles. The van der Waals surface area contributed by atoms with Crippen LogP contribution in [0.25, 0.3) is 16.9 Å². The van der Waals surface area contributed by atoms with Crippen molar-refractivity contribution in [2.45, 2.75) is 31.3 Å². The van der Waals surface area contributed by atoms with E-state index in [0.29, 0.717) is 35.8 Å². The first-order valence-electron chi connectivity index (χ1n) is 11.1. The van der Waals surface area contributed by atoms with E-state index in [0.717, 1.165) is 0 Å². The number of ether oxygens (including phenoxy) is 3. The first-order chi connectivity index (χ1) is 16.5. The van der Waals surface area contributed by atoms with Crippen molar-refractivity contribution in [3.63, 3.8) is 0 Å². The van der Waals surface area contributed by atoms with E-state index in [4.69, 9.17) is 14.2 Å². The summed E-state index contributed by atoms with van der Waals surface area (Å²) in [6, 6.07) is 10.2. The molecule has 0 saturated heterocycles. The molecule has 1 N–H and O–H groups in total. The van der Waals surface area contributed by atoms with Gasteiger partial charge in [-0.25, -0.2) is 22.9 Å². The molecule has 2 aromatic heterocycles. The molecule has 190 valence electrons. The maximum Gasteiger partial charge on any atom is 0.414 e. The third-order valence-corrected chi connectivity index (χ3v) is 6.41. The van der Waals surface area contributed by atoms with E-state index in [1.807, 2.05) is 0 Å². The number of methoxy groups -OCH3 is 1. The predicted molar refractivity (Wildman–Crippen MR) is 133 cm³/mol. The number of imidazole rings is 1. The summed E-state index contributed by atoms with van der Waals surface area (Å²) in [5, 5.41) is 0. The number of nitrogens with one attached hydrogen (secondary N) is 1. The molecule has 1 amide bonds. The molecule has 0 atom stereocenters. The molecule has 3 aromatic rings. The van der Waals surface area contributed by atoms with Gasteiger partial charge in [-0.1, -0.05) is 12.1 Å². The quantitative estimate of drug-likeness (QED) is 0.422. The van der Waals surface area contributed by atoms with E-state index in [1.54, 1.807) is 82.1 Å². The van der Waals surface area contributed by atoms with Crippen molar-refractivity contribution in [3.05, 3.63) is 48.8 Å². The number of nitrogens with zero attached hydrogens (tertiary/aromatic N) is 3. The number of fused-ring (bicyclic) bond motifs is 1. The number of hydrogen-bond acceptors (Lipinski definition) is 7. The SMILES string of the molecule is COCCOCCNS(=O)(=O)c1cccc(-c2cnc3ccc(N(C)C(=O)OC(C)(C)C)cn23)c1. The van der Waals surface area contributed by atoms with Crippen LogP contribution in [0.4, 0.5) is 10.5 Å². The molecule has 0 bridgehead atoms. The number of hydrogen-bond donors (Lipinski definition) is 1. The number of rotatable bonds is 10. The lowest BCUT2D eigenvalue weighted by molar-refractivity contribution is 0.0589. The molecular formula is C24H32N4O6S. The van der Waals surface area contributed by atoms with Gasteiger partial charge in [-0.15, -0.1) is 0 Å². The van der Waals surface area contributed by atoms with Crippen LogP contribution in [0.15, 0.2) is 53.7 Å². The Morgan fingerprint density at radius 2 is 1.91 bits per heavy atom. The van der Waals surface area contributed by atoms with Crippen molar-refractivity contribution in [1.29, 1.82) is 0 Å². The Labute approximate surface area is 205 Å². The van der Waals surface area contributed by atoms with Gasteiger partial charge < -0.3 is 14.2 Å². The van der Waals surface area contributed by atoms with Gasteiger partial charge in [-0.05, 0) is 45.0 Å². The lowest BCUT2D eigenvalue weighted by atomic mass is 10.2. The molecule has 0 radical (unpaired) electrons. The van der Waals surface area contributed by atoms with Crippen LogP contribution in [0.5, 0.6) is 0 Å². The van der Waals surface area contributed by atoms with Crippen LogP contribution < -0.4 is 9.62 Å². The second-order valence-corrected chi connectivity index (χ2v) is 10.6. The highest BCUT2D eigenvalue weighted by molar-refractivity contribution is 7.89. The molecule has 11 heteroatoms. The van der Waals surface area contributed by atoms with E-state index in [1.165, 1.54) is 11.0 Å². The molecule has 0 saturated carbocycles.